The minimum atomic E-state index is -0.586. The molecule has 2 rings (SSSR count). The number of carbonyl (C=O) groups is 1. The van der Waals surface area contributed by atoms with E-state index < -0.39 is 5.91 Å². The Labute approximate surface area is 145 Å². The third-order valence-corrected chi connectivity index (χ3v) is 3.75. The van der Waals surface area contributed by atoms with Gasteiger partial charge in [-0.25, -0.2) is 4.98 Å². The topological polar surface area (TPSA) is 81.8 Å². The minimum Gasteiger partial charge on any atom is -0.364 e. The van der Waals surface area contributed by atoms with E-state index in [1.54, 1.807) is 18.3 Å². The van der Waals surface area contributed by atoms with Crippen LogP contribution in [0.1, 0.15) is 36.8 Å². The normalized spacial score (nSPS) is 10.3. The highest BCUT2D eigenvalue weighted by Crippen LogP contribution is 2.34. The van der Waals surface area contributed by atoms with E-state index in [1.165, 1.54) is 11.8 Å². The third kappa shape index (κ3) is 4.53. The van der Waals surface area contributed by atoms with Crippen LogP contribution in [0.4, 0.5) is 0 Å². The molecule has 122 valence electrons. The Bertz CT molecular complexity index is 719. The van der Waals surface area contributed by atoms with Gasteiger partial charge in [0, 0.05) is 11.1 Å². The van der Waals surface area contributed by atoms with Gasteiger partial charge >= 0.3 is 0 Å². The van der Waals surface area contributed by atoms with Crippen LogP contribution in [0.2, 0.25) is 5.15 Å². The molecule has 0 atom stereocenters. The maximum atomic E-state index is 11.5. The van der Waals surface area contributed by atoms with Gasteiger partial charge in [-0.15, -0.1) is 16.9 Å². The number of hydrogen-bond donors (Lipinski definition) is 1. The predicted molar refractivity (Wildman–Crippen MR) is 96.6 cm³/mol. The van der Waals surface area contributed by atoms with Crippen molar-refractivity contribution in [3.05, 3.63) is 40.8 Å². The summed E-state index contributed by atoms with van der Waals surface area (Å²) in [7, 11) is 0. The molecule has 0 saturated heterocycles. The SMILES string of the molecule is C/C=C\c1c(-c2ccnnc2Cl)cc(C(N)=O)nc1SC.CC. The number of hydrogen-bond acceptors (Lipinski definition) is 5. The first-order chi connectivity index (χ1) is 11.1. The molecule has 2 aromatic heterocycles. The summed E-state index contributed by atoms with van der Waals surface area (Å²) in [5, 5.41) is 8.53. The van der Waals surface area contributed by atoms with Crippen LogP contribution in [0.25, 0.3) is 17.2 Å². The summed E-state index contributed by atoms with van der Waals surface area (Å²) in [6.07, 6.45) is 7.24. The van der Waals surface area contributed by atoms with Crippen LogP contribution in [0.3, 0.4) is 0 Å². The Balaban J connectivity index is 0.00000127. The first-order valence-corrected chi connectivity index (χ1v) is 8.67. The maximum Gasteiger partial charge on any atom is 0.267 e. The number of nitrogens with zero attached hydrogens (tertiary/aromatic N) is 3. The van der Waals surface area contributed by atoms with Crippen molar-refractivity contribution < 1.29 is 4.79 Å². The molecule has 0 bridgehead atoms. The van der Waals surface area contributed by atoms with E-state index in [-0.39, 0.29) is 10.8 Å². The molecule has 0 aromatic carbocycles. The van der Waals surface area contributed by atoms with E-state index in [4.69, 9.17) is 17.3 Å². The number of amides is 1. The minimum absolute atomic E-state index is 0.190. The molecule has 7 heteroatoms. The summed E-state index contributed by atoms with van der Waals surface area (Å²) in [5.74, 6) is -0.586. The van der Waals surface area contributed by atoms with Crippen LogP contribution in [0, 0.1) is 0 Å². The molecule has 0 saturated carbocycles. The fourth-order valence-corrected chi connectivity index (χ4v) is 2.68. The van der Waals surface area contributed by atoms with E-state index in [9.17, 15) is 4.79 Å². The zero-order valence-corrected chi connectivity index (χ0v) is 15.1. The van der Waals surface area contributed by atoms with Crippen molar-refractivity contribution in [2.24, 2.45) is 5.73 Å². The molecule has 2 aromatic rings. The quantitative estimate of drug-likeness (QED) is 0.840. The van der Waals surface area contributed by atoms with Gasteiger partial charge in [-0.2, -0.15) is 5.10 Å². The van der Waals surface area contributed by atoms with Crippen molar-refractivity contribution in [1.82, 2.24) is 15.2 Å². The average molecular weight is 351 g/mol. The Kier molecular flexibility index (Phi) is 7.71. The molecular weight excluding hydrogens is 332 g/mol. The number of nitrogens with two attached hydrogens (primary N) is 1. The molecule has 0 fully saturated rings. The fraction of sp³-hybridized carbons (Fsp3) is 0.250. The predicted octanol–water partition coefficient (Wildman–Crippen LogP) is 4.07. The molecule has 0 spiro atoms. The smallest absolute Gasteiger partial charge is 0.267 e. The lowest BCUT2D eigenvalue weighted by Gasteiger charge is -2.12. The first kappa shape index (κ1) is 19.1. The highest BCUT2D eigenvalue weighted by molar-refractivity contribution is 7.98. The van der Waals surface area contributed by atoms with Crippen LogP contribution >= 0.6 is 23.4 Å². The third-order valence-electron chi connectivity index (χ3n) is 2.77. The van der Waals surface area contributed by atoms with Crippen LogP contribution < -0.4 is 5.73 Å². The van der Waals surface area contributed by atoms with Crippen molar-refractivity contribution in [3.8, 4) is 11.1 Å². The van der Waals surface area contributed by atoms with Crippen LogP contribution in [-0.4, -0.2) is 27.3 Å². The molecule has 0 aliphatic rings. The number of halogens is 1. The monoisotopic (exact) mass is 350 g/mol. The van der Waals surface area contributed by atoms with E-state index in [2.05, 4.69) is 15.2 Å². The molecule has 2 N–H and O–H groups in total. The fourth-order valence-electron chi connectivity index (χ4n) is 1.88. The summed E-state index contributed by atoms with van der Waals surface area (Å²) in [6.45, 7) is 5.91. The Morgan fingerprint density at radius 2 is 2.04 bits per heavy atom. The van der Waals surface area contributed by atoms with Gasteiger partial charge in [0.05, 0.1) is 6.20 Å². The Morgan fingerprint density at radius 3 is 2.57 bits per heavy atom. The number of primary amides is 1. The van der Waals surface area contributed by atoms with Crippen molar-refractivity contribution >= 4 is 35.3 Å². The number of rotatable bonds is 4. The summed E-state index contributed by atoms with van der Waals surface area (Å²) < 4.78 is 0. The number of carbonyl (C=O) groups excluding carboxylic acids is 1. The van der Waals surface area contributed by atoms with Gasteiger partial charge in [0.25, 0.3) is 5.91 Å². The summed E-state index contributed by atoms with van der Waals surface area (Å²) in [4.78, 5) is 15.8. The van der Waals surface area contributed by atoms with E-state index in [0.29, 0.717) is 10.6 Å². The number of thioether (sulfide) groups is 1. The summed E-state index contributed by atoms with van der Waals surface area (Å²) in [5.41, 5.74) is 7.84. The second-order valence-electron chi connectivity index (χ2n) is 4.08. The molecule has 0 radical (unpaired) electrons. The van der Waals surface area contributed by atoms with Crippen molar-refractivity contribution in [2.75, 3.05) is 6.26 Å². The lowest BCUT2D eigenvalue weighted by molar-refractivity contribution is 0.0995. The van der Waals surface area contributed by atoms with Gasteiger partial charge in [0.2, 0.25) is 0 Å². The van der Waals surface area contributed by atoms with Crippen molar-refractivity contribution in [1.29, 1.82) is 0 Å². The van der Waals surface area contributed by atoms with Gasteiger partial charge in [0.1, 0.15) is 10.7 Å². The molecule has 2 heterocycles. The number of allylic oxidation sites excluding steroid dienone is 1. The highest BCUT2D eigenvalue weighted by Gasteiger charge is 2.16. The van der Waals surface area contributed by atoms with Gasteiger partial charge in [0.15, 0.2) is 5.15 Å². The second kappa shape index (κ2) is 9.27. The van der Waals surface area contributed by atoms with Gasteiger partial charge in [-0.05, 0) is 30.9 Å². The second-order valence-corrected chi connectivity index (χ2v) is 5.23. The van der Waals surface area contributed by atoms with E-state index in [1.807, 2.05) is 39.2 Å². The zero-order valence-electron chi connectivity index (χ0n) is 13.5. The number of aromatic nitrogens is 3. The molecular formula is C16H19ClN4OS. The Hall–Kier alpha value is -1.92. The molecule has 0 aliphatic carbocycles. The lowest BCUT2D eigenvalue weighted by atomic mass is 10.0. The maximum absolute atomic E-state index is 11.5. The van der Waals surface area contributed by atoms with E-state index in [0.717, 1.165) is 11.1 Å². The van der Waals surface area contributed by atoms with Gasteiger partial charge in [-0.1, -0.05) is 37.6 Å². The Morgan fingerprint density at radius 1 is 1.35 bits per heavy atom. The van der Waals surface area contributed by atoms with Gasteiger partial charge < -0.3 is 5.73 Å². The lowest BCUT2D eigenvalue weighted by Crippen LogP contribution is -2.14. The number of pyridine rings is 1. The largest absolute Gasteiger partial charge is 0.364 e. The van der Waals surface area contributed by atoms with Crippen LogP contribution in [-0.2, 0) is 0 Å². The molecule has 1 amide bonds. The molecule has 0 unspecified atom stereocenters. The standard InChI is InChI=1S/C14H13ClN4OS.C2H6/c1-3-4-9-10(8-5-6-17-19-12(8)15)7-11(13(16)20)18-14(9)21-2;1-2/h3-7H,1-2H3,(H2,16,20);1-2H3/b4-3-;. The highest BCUT2D eigenvalue weighted by atomic mass is 35.5. The van der Waals surface area contributed by atoms with E-state index >= 15 is 0 Å². The first-order valence-electron chi connectivity index (χ1n) is 7.07. The zero-order chi connectivity index (χ0) is 17.4. The molecule has 5 nitrogen and oxygen atoms in total. The summed E-state index contributed by atoms with van der Waals surface area (Å²) >= 11 is 7.55. The van der Waals surface area contributed by atoms with Crippen LogP contribution in [0.5, 0.6) is 0 Å². The average Bonchev–Trinajstić information content (AvgIpc) is 2.57. The molecule has 23 heavy (non-hydrogen) atoms. The van der Waals surface area contributed by atoms with Crippen molar-refractivity contribution in [2.45, 2.75) is 25.8 Å². The van der Waals surface area contributed by atoms with Crippen molar-refractivity contribution in [3.63, 3.8) is 0 Å². The van der Waals surface area contributed by atoms with Crippen LogP contribution in [0.15, 0.2) is 29.4 Å². The summed E-state index contributed by atoms with van der Waals surface area (Å²) in [6, 6.07) is 3.37. The van der Waals surface area contributed by atoms with Gasteiger partial charge in [-0.3, -0.25) is 4.79 Å². The molecule has 0 aliphatic heterocycles.